The Hall–Kier alpha value is -3.32. The molecule has 29 heavy (non-hydrogen) atoms. The molecule has 1 aliphatic heterocycles. The Balaban J connectivity index is 1.36. The van der Waals surface area contributed by atoms with Gasteiger partial charge in [-0.2, -0.15) is 0 Å². The lowest BCUT2D eigenvalue weighted by Crippen LogP contribution is -2.48. The van der Waals surface area contributed by atoms with Crippen LogP contribution < -0.4 is 5.32 Å². The van der Waals surface area contributed by atoms with E-state index in [4.69, 9.17) is 0 Å². The highest BCUT2D eigenvalue weighted by Gasteiger charge is 2.23. The molecule has 0 radical (unpaired) electrons. The van der Waals surface area contributed by atoms with Crippen LogP contribution in [0.25, 0.3) is 0 Å². The van der Waals surface area contributed by atoms with E-state index in [1.807, 2.05) is 23.1 Å². The molecule has 1 saturated heterocycles. The maximum Gasteiger partial charge on any atom is 0.272 e. The van der Waals surface area contributed by atoms with Gasteiger partial charge in [-0.05, 0) is 29.8 Å². The van der Waals surface area contributed by atoms with Crippen molar-refractivity contribution in [2.24, 2.45) is 0 Å². The van der Waals surface area contributed by atoms with Crippen LogP contribution in [0.1, 0.15) is 16.1 Å². The third kappa shape index (κ3) is 4.94. The van der Waals surface area contributed by atoms with Crippen molar-refractivity contribution in [2.45, 2.75) is 6.54 Å². The van der Waals surface area contributed by atoms with Gasteiger partial charge in [-0.15, -0.1) is 0 Å². The minimum absolute atomic E-state index is 0.117. The van der Waals surface area contributed by atoms with E-state index in [1.54, 1.807) is 18.2 Å². The summed E-state index contributed by atoms with van der Waals surface area (Å²) < 4.78 is 13.3. The molecule has 0 unspecified atom stereocenters. The molecule has 4 rings (SSSR count). The molecular formula is C22H22FN5O. The summed E-state index contributed by atoms with van der Waals surface area (Å²) in [7, 11) is 0. The molecule has 1 aromatic heterocycles. The Morgan fingerprint density at radius 2 is 1.79 bits per heavy atom. The first kappa shape index (κ1) is 19.0. The van der Waals surface area contributed by atoms with E-state index in [0.29, 0.717) is 24.5 Å². The molecule has 0 aliphatic carbocycles. The summed E-state index contributed by atoms with van der Waals surface area (Å²) in [6.45, 7) is 3.84. The molecule has 0 bridgehead atoms. The monoisotopic (exact) mass is 391 g/mol. The number of hydrogen-bond acceptors (Lipinski definition) is 5. The number of carbonyl (C=O) groups excluding carboxylic acids is 1. The van der Waals surface area contributed by atoms with Crippen LogP contribution in [0.15, 0.2) is 66.9 Å². The zero-order valence-corrected chi connectivity index (χ0v) is 16.0. The molecule has 1 aliphatic rings. The lowest BCUT2D eigenvalue weighted by atomic mass is 10.2. The summed E-state index contributed by atoms with van der Waals surface area (Å²) >= 11 is 0. The molecule has 0 saturated carbocycles. The molecule has 2 heterocycles. The number of nitrogens with one attached hydrogen (secondary N) is 1. The Labute approximate surface area is 169 Å². The van der Waals surface area contributed by atoms with E-state index in [9.17, 15) is 9.18 Å². The van der Waals surface area contributed by atoms with Crippen LogP contribution in [-0.2, 0) is 6.54 Å². The van der Waals surface area contributed by atoms with E-state index >= 15 is 0 Å². The molecule has 0 atom stereocenters. The zero-order chi connectivity index (χ0) is 20.1. The average Bonchev–Trinajstić information content (AvgIpc) is 2.75. The molecule has 6 nitrogen and oxygen atoms in total. The second-order valence-electron chi connectivity index (χ2n) is 6.95. The highest BCUT2D eigenvalue weighted by Crippen LogP contribution is 2.15. The summed E-state index contributed by atoms with van der Waals surface area (Å²) in [5.41, 5.74) is 2.13. The van der Waals surface area contributed by atoms with Crippen molar-refractivity contribution in [2.75, 3.05) is 31.5 Å². The van der Waals surface area contributed by atoms with Crippen LogP contribution in [0.2, 0.25) is 0 Å². The Morgan fingerprint density at radius 3 is 2.55 bits per heavy atom. The number of halogens is 1. The third-order valence-electron chi connectivity index (χ3n) is 4.86. The van der Waals surface area contributed by atoms with E-state index in [1.165, 1.54) is 23.9 Å². The summed E-state index contributed by atoms with van der Waals surface area (Å²) in [4.78, 5) is 25.4. The van der Waals surface area contributed by atoms with Gasteiger partial charge in [0, 0.05) is 44.6 Å². The van der Waals surface area contributed by atoms with Crippen molar-refractivity contribution in [3.05, 3.63) is 83.9 Å². The van der Waals surface area contributed by atoms with Gasteiger partial charge in [0.2, 0.25) is 5.95 Å². The van der Waals surface area contributed by atoms with Crippen molar-refractivity contribution in [1.29, 1.82) is 0 Å². The first-order chi connectivity index (χ1) is 14.2. The standard InChI is InChI=1S/C22H22FN5O/c23-18-7-4-8-19(15-18)25-22-24-10-9-20(26-22)21(29)28-13-11-27(12-14-28)16-17-5-2-1-3-6-17/h1-10,15H,11-14,16H2,(H,24,25,26). The van der Waals surface area contributed by atoms with Gasteiger partial charge in [0.15, 0.2) is 0 Å². The summed E-state index contributed by atoms with van der Waals surface area (Å²) in [5.74, 6) is -0.200. The number of aromatic nitrogens is 2. The topological polar surface area (TPSA) is 61.4 Å². The van der Waals surface area contributed by atoms with Crippen LogP contribution in [0, 0.1) is 5.82 Å². The number of anilines is 2. The van der Waals surface area contributed by atoms with E-state index in [0.717, 1.165) is 19.6 Å². The van der Waals surface area contributed by atoms with E-state index < -0.39 is 0 Å². The third-order valence-corrected chi connectivity index (χ3v) is 4.86. The molecular weight excluding hydrogens is 369 g/mol. The van der Waals surface area contributed by atoms with Gasteiger partial charge in [0.1, 0.15) is 11.5 Å². The number of piperazine rings is 1. The molecule has 1 N–H and O–H groups in total. The van der Waals surface area contributed by atoms with Crippen molar-refractivity contribution in [1.82, 2.24) is 19.8 Å². The van der Waals surface area contributed by atoms with Gasteiger partial charge in [0.25, 0.3) is 5.91 Å². The largest absolute Gasteiger partial charge is 0.335 e. The number of hydrogen-bond donors (Lipinski definition) is 1. The summed E-state index contributed by atoms with van der Waals surface area (Å²) in [6.07, 6.45) is 1.54. The second-order valence-corrected chi connectivity index (χ2v) is 6.95. The number of carbonyl (C=O) groups is 1. The Kier molecular flexibility index (Phi) is 5.76. The minimum Gasteiger partial charge on any atom is -0.335 e. The quantitative estimate of drug-likeness (QED) is 0.723. The highest BCUT2D eigenvalue weighted by molar-refractivity contribution is 5.92. The highest BCUT2D eigenvalue weighted by atomic mass is 19.1. The molecule has 2 aromatic carbocycles. The predicted molar refractivity (Wildman–Crippen MR) is 109 cm³/mol. The Bertz CT molecular complexity index is 974. The lowest BCUT2D eigenvalue weighted by molar-refractivity contribution is 0.0622. The molecule has 148 valence electrons. The van der Waals surface area contributed by atoms with Crippen molar-refractivity contribution in [3.63, 3.8) is 0 Å². The van der Waals surface area contributed by atoms with Crippen LogP contribution >= 0.6 is 0 Å². The number of amides is 1. The SMILES string of the molecule is O=C(c1ccnc(Nc2cccc(F)c2)n1)N1CCN(Cc2ccccc2)CC1. The molecule has 1 fully saturated rings. The normalized spacial score (nSPS) is 14.6. The fourth-order valence-corrected chi connectivity index (χ4v) is 3.35. The minimum atomic E-state index is -0.351. The van der Waals surface area contributed by atoms with Crippen LogP contribution in [0.3, 0.4) is 0 Å². The summed E-state index contributed by atoms with van der Waals surface area (Å²) in [5, 5.41) is 2.94. The first-order valence-electron chi connectivity index (χ1n) is 9.58. The van der Waals surface area contributed by atoms with E-state index in [-0.39, 0.29) is 17.7 Å². The van der Waals surface area contributed by atoms with Gasteiger partial charge in [-0.1, -0.05) is 36.4 Å². The smallest absolute Gasteiger partial charge is 0.272 e. The predicted octanol–water partition coefficient (Wildman–Crippen LogP) is 3.32. The number of rotatable bonds is 5. The van der Waals surface area contributed by atoms with Gasteiger partial charge in [-0.3, -0.25) is 9.69 Å². The van der Waals surface area contributed by atoms with Crippen molar-refractivity contribution >= 4 is 17.5 Å². The average molecular weight is 391 g/mol. The second kappa shape index (κ2) is 8.79. The maximum absolute atomic E-state index is 13.3. The maximum atomic E-state index is 13.3. The van der Waals surface area contributed by atoms with Crippen molar-refractivity contribution in [3.8, 4) is 0 Å². The van der Waals surface area contributed by atoms with Crippen LogP contribution in [-0.4, -0.2) is 51.9 Å². The van der Waals surface area contributed by atoms with Gasteiger partial charge < -0.3 is 10.2 Å². The van der Waals surface area contributed by atoms with E-state index in [2.05, 4.69) is 32.3 Å². The molecule has 0 spiro atoms. The van der Waals surface area contributed by atoms with Gasteiger partial charge in [0.05, 0.1) is 0 Å². The van der Waals surface area contributed by atoms with Crippen molar-refractivity contribution < 1.29 is 9.18 Å². The van der Waals surface area contributed by atoms with Gasteiger partial charge >= 0.3 is 0 Å². The summed E-state index contributed by atoms with van der Waals surface area (Å²) in [6, 6.07) is 18.0. The fourth-order valence-electron chi connectivity index (χ4n) is 3.35. The van der Waals surface area contributed by atoms with Crippen LogP contribution in [0.4, 0.5) is 16.0 Å². The first-order valence-corrected chi connectivity index (χ1v) is 9.58. The van der Waals surface area contributed by atoms with Crippen LogP contribution in [0.5, 0.6) is 0 Å². The Morgan fingerprint density at radius 1 is 1.00 bits per heavy atom. The molecule has 7 heteroatoms. The lowest BCUT2D eigenvalue weighted by Gasteiger charge is -2.34. The van der Waals surface area contributed by atoms with Gasteiger partial charge in [-0.25, -0.2) is 14.4 Å². The number of benzene rings is 2. The zero-order valence-electron chi connectivity index (χ0n) is 16.0. The number of nitrogens with zero attached hydrogens (tertiary/aromatic N) is 4. The molecule has 3 aromatic rings. The molecule has 1 amide bonds. The fraction of sp³-hybridized carbons (Fsp3) is 0.227.